The molecule has 1 N–H and O–H groups in total. The van der Waals surface area contributed by atoms with Gasteiger partial charge in [0.1, 0.15) is 10.6 Å². The van der Waals surface area contributed by atoms with Crippen LogP contribution in [0.4, 0.5) is 0 Å². The van der Waals surface area contributed by atoms with Crippen molar-refractivity contribution in [3.8, 4) is 0 Å². The number of aromatic amines is 1. The molecule has 2 heterocycles. The lowest BCUT2D eigenvalue weighted by Gasteiger charge is -2.30. The first-order chi connectivity index (χ1) is 8.91. The first-order valence-corrected chi connectivity index (χ1v) is 8.18. The van der Waals surface area contributed by atoms with E-state index in [1.54, 1.807) is 12.0 Å². The average molecular weight is 307 g/mol. The molecule has 0 bridgehead atoms. The van der Waals surface area contributed by atoms with Crippen LogP contribution in [-0.2, 0) is 13.8 Å². The normalized spacial score (nSPS) is 17.7. The first kappa shape index (κ1) is 14.4. The summed E-state index contributed by atoms with van der Waals surface area (Å²) in [6.07, 6.45) is 2.97. The van der Waals surface area contributed by atoms with Gasteiger partial charge < -0.3 is 14.6 Å². The summed E-state index contributed by atoms with van der Waals surface area (Å²) in [5, 5.41) is 0. The molecule has 1 saturated heterocycles. The number of hydrogen-bond donors (Lipinski definition) is 1. The number of halogens is 1. The van der Waals surface area contributed by atoms with E-state index in [9.17, 15) is 13.2 Å². The highest BCUT2D eigenvalue weighted by Gasteiger charge is 2.25. The monoisotopic (exact) mass is 306 g/mol. The Labute approximate surface area is 116 Å². The van der Waals surface area contributed by atoms with Gasteiger partial charge in [0.2, 0.25) is 0 Å². The van der Waals surface area contributed by atoms with Crippen LogP contribution in [0.3, 0.4) is 0 Å². The molecule has 1 aliphatic rings. The van der Waals surface area contributed by atoms with Gasteiger partial charge in [0.25, 0.3) is 15.0 Å². The number of H-pyrrole nitrogens is 1. The molecule has 1 aliphatic heterocycles. The van der Waals surface area contributed by atoms with Gasteiger partial charge in [0.05, 0.1) is 6.10 Å². The Hall–Kier alpha value is -1.05. The molecule has 6 nitrogen and oxygen atoms in total. The molecule has 0 unspecified atom stereocenters. The summed E-state index contributed by atoms with van der Waals surface area (Å²) < 4.78 is 27.5. The number of aromatic nitrogens is 1. The van der Waals surface area contributed by atoms with Crippen LogP contribution in [-0.4, -0.2) is 50.5 Å². The third-order valence-corrected chi connectivity index (χ3v) is 4.56. The predicted octanol–water partition coefficient (Wildman–Crippen LogP) is 1.19. The molecule has 0 atom stereocenters. The zero-order valence-corrected chi connectivity index (χ0v) is 12.0. The highest BCUT2D eigenvalue weighted by Crippen LogP contribution is 2.19. The van der Waals surface area contributed by atoms with Gasteiger partial charge in [-0.05, 0) is 18.9 Å². The average Bonchev–Trinajstić information content (AvgIpc) is 2.87. The van der Waals surface area contributed by atoms with Crippen molar-refractivity contribution in [1.82, 2.24) is 9.88 Å². The van der Waals surface area contributed by atoms with Crippen LogP contribution >= 0.6 is 10.7 Å². The van der Waals surface area contributed by atoms with Crippen LogP contribution in [0.25, 0.3) is 0 Å². The second-order valence-corrected chi connectivity index (χ2v) is 6.98. The lowest BCUT2D eigenvalue weighted by Crippen LogP contribution is -2.40. The van der Waals surface area contributed by atoms with E-state index in [0.29, 0.717) is 13.1 Å². The van der Waals surface area contributed by atoms with E-state index in [2.05, 4.69) is 4.98 Å². The fourth-order valence-electron chi connectivity index (χ4n) is 2.10. The molecule has 1 fully saturated rings. The maximum atomic E-state index is 12.2. The third-order valence-electron chi connectivity index (χ3n) is 3.23. The van der Waals surface area contributed by atoms with Gasteiger partial charge in [-0.25, -0.2) is 8.42 Å². The number of carbonyl (C=O) groups excluding carboxylic acids is 1. The quantitative estimate of drug-likeness (QED) is 0.851. The highest BCUT2D eigenvalue weighted by atomic mass is 35.7. The van der Waals surface area contributed by atoms with Crippen molar-refractivity contribution < 1.29 is 17.9 Å². The summed E-state index contributed by atoms with van der Waals surface area (Å²) in [4.78, 5) is 16.4. The lowest BCUT2D eigenvalue weighted by atomic mass is 10.1. The smallest absolute Gasteiger partial charge is 0.270 e. The number of amides is 1. The molecule has 0 aliphatic carbocycles. The van der Waals surface area contributed by atoms with E-state index in [1.807, 2.05) is 0 Å². The van der Waals surface area contributed by atoms with Crippen LogP contribution in [0.15, 0.2) is 17.2 Å². The van der Waals surface area contributed by atoms with Gasteiger partial charge in [0.15, 0.2) is 0 Å². The molecule has 8 heteroatoms. The standard InChI is InChI=1S/C11H15ClN2O4S/c1-18-8-2-4-14(5-3-8)11(15)10-6-9(7-13-10)19(12,16)17/h6-8,13H,2-5H2,1H3. The minimum absolute atomic E-state index is 0.0932. The molecular weight excluding hydrogens is 292 g/mol. The maximum absolute atomic E-state index is 12.2. The summed E-state index contributed by atoms with van der Waals surface area (Å²) in [5.41, 5.74) is 0.232. The number of piperidine rings is 1. The van der Waals surface area contributed by atoms with Crippen molar-refractivity contribution in [1.29, 1.82) is 0 Å². The number of nitrogens with zero attached hydrogens (tertiary/aromatic N) is 1. The van der Waals surface area contributed by atoms with E-state index in [4.69, 9.17) is 15.4 Å². The van der Waals surface area contributed by atoms with Crippen LogP contribution in [0.5, 0.6) is 0 Å². The highest BCUT2D eigenvalue weighted by molar-refractivity contribution is 8.13. The Bertz CT molecular complexity index is 561. The molecule has 0 saturated carbocycles. The summed E-state index contributed by atoms with van der Waals surface area (Å²) in [7, 11) is 3.06. The summed E-state index contributed by atoms with van der Waals surface area (Å²) >= 11 is 0. The van der Waals surface area contributed by atoms with Crippen LogP contribution < -0.4 is 0 Å². The van der Waals surface area contributed by atoms with Gasteiger partial charge in [-0.1, -0.05) is 0 Å². The van der Waals surface area contributed by atoms with Crippen LogP contribution in [0, 0.1) is 0 Å². The van der Waals surface area contributed by atoms with Gasteiger partial charge in [-0.15, -0.1) is 0 Å². The summed E-state index contributed by atoms with van der Waals surface area (Å²) in [6.45, 7) is 1.19. The number of methoxy groups -OCH3 is 1. The van der Waals surface area contributed by atoms with E-state index in [1.165, 1.54) is 12.3 Å². The van der Waals surface area contributed by atoms with Gasteiger partial charge in [-0.3, -0.25) is 4.79 Å². The van der Waals surface area contributed by atoms with Crippen molar-refractivity contribution in [2.45, 2.75) is 23.8 Å². The number of carbonyl (C=O) groups is 1. The van der Waals surface area contributed by atoms with Gasteiger partial charge >= 0.3 is 0 Å². The third kappa shape index (κ3) is 3.29. The molecule has 0 aromatic carbocycles. The number of ether oxygens (including phenoxy) is 1. The van der Waals surface area contributed by atoms with Crippen molar-refractivity contribution in [3.63, 3.8) is 0 Å². The predicted molar refractivity (Wildman–Crippen MR) is 69.8 cm³/mol. The number of hydrogen-bond acceptors (Lipinski definition) is 4. The molecule has 1 amide bonds. The van der Waals surface area contributed by atoms with Gasteiger partial charge in [-0.2, -0.15) is 0 Å². The number of likely N-dealkylation sites (tertiary alicyclic amines) is 1. The minimum atomic E-state index is -3.81. The maximum Gasteiger partial charge on any atom is 0.270 e. The molecule has 106 valence electrons. The largest absolute Gasteiger partial charge is 0.381 e. The van der Waals surface area contributed by atoms with E-state index < -0.39 is 9.05 Å². The Morgan fingerprint density at radius 3 is 2.58 bits per heavy atom. The Morgan fingerprint density at radius 1 is 1.47 bits per heavy atom. The Morgan fingerprint density at radius 2 is 2.11 bits per heavy atom. The SMILES string of the molecule is COC1CCN(C(=O)c2cc(S(=O)(=O)Cl)c[nH]2)CC1. The van der Waals surface area contributed by atoms with Crippen molar-refractivity contribution in [2.75, 3.05) is 20.2 Å². The van der Waals surface area contributed by atoms with E-state index >= 15 is 0 Å². The van der Waals surface area contributed by atoms with Gasteiger partial charge in [0, 0.05) is 37.1 Å². The molecule has 0 radical (unpaired) electrons. The molecule has 19 heavy (non-hydrogen) atoms. The summed E-state index contributed by atoms with van der Waals surface area (Å²) in [6, 6.07) is 1.26. The summed E-state index contributed by atoms with van der Waals surface area (Å²) in [5.74, 6) is -0.221. The molecule has 1 aromatic heterocycles. The van der Waals surface area contributed by atoms with Crippen LogP contribution in [0.1, 0.15) is 23.3 Å². The molecular formula is C11H15ClN2O4S. The fraction of sp³-hybridized carbons (Fsp3) is 0.545. The van der Waals surface area contributed by atoms with Crippen molar-refractivity contribution in [3.05, 3.63) is 18.0 Å². The van der Waals surface area contributed by atoms with E-state index in [-0.39, 0.29) is 22.6 Å². The minimum Gasteiger partial charge on any atom is -0.381 e. The number of rotatable bonds is 3. The topological polar surface area (TPSA) is 79.5 Å². The van der Waals surface area contributed by atoms with E-state index in [0.717, 1.165) is 12.8 Å². The van der Waals surface area contributed by atoms with Crippen molar-refractivity contribution in [2.24, 2.45) is 0 Å². The Kier molecular flexibility index (Phi) is 4.17. The lowest BCUT2D eigenvalue weighted by molar-refractivity contribution is 0.0348. The molecule has 1 aromatic rings. The Balaban J connectivity index is 2.07. The molecule has 0 spiro atoms. The first-order valence-electron chi connectivity index (χ1n) is 5.87. The zero-order chi connectivity index (χ0) is 14.0. The van der Waals surface area contributed by atoms with Crippen LogP contribution in [0.2, 0.25) is 0 Å². The zero-order valence-electron chi connectivity index (χ0n) is 10.4. The second-order valence-electron chi connectivity index (χ2n) is 4.41. The number of nitrogens with one attached hydrogen (secondary N) is 1. The molecule has 2 rings (SSSR count). The van der Waals surface area contributed by atoms with Crippen molar-refractivity contribution >= 4 is 25.6 Å². The fourth-order valence-corrected chi connectivity index (χ4v) is 2.83. The second kappa shape index (κ2) is 5.52.